The Kier molecular flexibility index (Phi) is 3.64. The second kappa shape index (κ2) is 5.92. The van der Waals surface area contributed by atoms with E-state index in [9.17, 15) is 0 Å². The average molecular weight is 299 g/mol. The minimum Gasteiger partial charge on any atom is -0.354 e. The van der Waals surface area contributed by atoms with E-state index in [0.717, 1.165) is 31.3 Å². The number of hydrogen-bond acceptors (Lipinski definition) is 6. The molecule has 0 amide bonds. The summed E-state index contributed by atoms with van der Waals surface area (Å²) in [6.45, 7) is 3.09. The van der Waals surface area contributed by atoms with E-state index < -0.39 is 0 Å². The van der Waals surface area contributed by atoms with E-state index in [1.54, 1.807) is 6.20 Å². The number of rotatable bonds is 6. The van der Waals surface area contributed by atoms with Crippen molar-refractivity contribution in [2.75, 3.05) is 30.3 Å². The van der Waals surface area contributed by atoms with Crippen LogP contribution < -0.4 is 16.0 Å². The molecule has 4 rings (SSSR count). The lowest BCUT2D eigenvalue weighted by Crippen LogP contribution is -2.18. The molecule has 1 saturated carbocycles. The van der Waals surface area contributed by atoms with Crippen LogP contribution in [-0.2, 0) is 0 Å². The quantitative estimate of drug-likeness (QED) is 0.651. The van der Waals surface area contributed by atoms with Crippen LogP contribution in [0.15, 0.2) is 18.3 Å². The van der Waals surface area contributed by atoms with Gasteiger partial charge in [0, 0.05) is 30.4 Å². The molecule has 1 unspecified atom stereocenters. The van der Waals surface area contributed by atoms with Gasteiger partial charge in [0.1, 0.15) is 5.82 Å². The SMILES string of the molecule is c1cc(Nc2cc(C3CC3)[nH]n2)nc(NCC2CCNC2)n1. The molecular weight excluding hydrogens is 278 g/mol. The third-order valence-electron chi connectivity index (χ3n) is 4.24. The Balaban J connectivity index is 1.37. The summed E-state index contributed by atoms with van der Waals surface area (Å²) in [7, 11) is 0. The lowest BCUT2D eigenvalue weighted by molar-refractivity contribution is 0.613. The second-order valence-corrected chi connectivity index (χ2v) is 6.11. The van der Waals surface area contributed by atoms with Gasteiger partial charge in [0.15, 0.2) is 5.82 Å². The fourth-order valence-electron chi connectivity index (χ4n) is 2.77. The molecule has 22 heavy (non-hydrogen) atoms. The van der Waals surface area contributed by atoms with Crippen molar-refractivity contribution in [3.63, 3.8) is 0 Å². The third-order valence-corrected chi connectivity index (χ3v) is 4.24. The van der Waals surface area contributed by atoms with Crippen molar-refractivity contribution in [1.29, 1.82) is 0 Å². The molecule has 1 aliphatic carbocycles. The summed E-state index contributed by atoms with van der Waals surface area (Å²) in [5.41, 5.74) is 1.21. The number of nitrogens with zero attached hydrogens (tertiary/aromatic N) is 3. The van der Waals surface area contributed by atoms with Gasteiger partial charge in [-0.15, -0.1) is 0 Å². The predicted molar refractivity (Wildman–Crippen MR) is 85.3 cm³/mol. The van der Waals surface area contributed by atoms with Crippen LogP contribution in [0.4, 0.5) is 17.6 Å². The number of hydrogen-bond donors (Lipinski definition) is 4. The Bertz CT molecular complexity index is 628. The molecule has 1 atom stereocenters. The summed E-state index contributed by atoms with van der Waals surface area (Å²) in [5, 5.41) is 17.3. The van der Waals surface area contributed by atoms with Crippen molar-refractivity contribution in [3.05, 3.63) is 24.0 Å². The molecular formula is C15H21N7. The van der Waals surface area contributed by atoms with Crippen molar-refractivity contribution in [2.45, 2.75) is 25.2 Å². The number of aromatic nitrogens is 4. The summed E-state index contributed by atoms with van der Waals surface area (Å²) >= 11 is 0. The van der Waals surface area contributed by atoms with E-state index in [-0.39, 0.29) is 0 Å². The maximum absolute atomic E-state index is 4.49. The van der Waals surface area contributed by atoms with Crippen molar-refractivity contribution < 1.29 is 0 Å². The monoisotopic (exact) mass is 299 g/mol. The molecule has 0 aromatic carbocycles. The fourth-order valence-corrected chi connectivity index (χ4v) is 2.77. The molecule has 1 saturated heterocycles. The summed E-state index contributed by atoms with van der Waals surface area (Å²) in [6.07, 6.45) is 5.50. The maximum Gasteiger partial charge on any atom is 0.224 e. The highest BCUT2D eigenvalue weighted by Gasteiger charge is 2.25. The molecule has 0 radical (unpaired) electrons. The highest BCUT2D eigenvalue weighted by atomic mass is 15.2. The molecule has 2 fully saturated rings. The smallest absolute Gasteiger partial charge is 0.224 e. The van der Waals surface area contributed by atoms with Crippen LogP contribution >= 0.6 is 0 Å². The second-order valence-electron chi connectivity index (χ2n) is 6.11. The van der Waals surface area contributed by atoms with Crippen LogP contribution in [0.3, 0.4) is 0 Å². The van der Waals surface area contributed by atoms with Crippen LogP contribution in [0.1, 0.15) is 30.9 Å². The summed E-state index contributed by atoms with van der Waals surface area (Å²) < 4.78 is 0. The zero-order chi connectivity index (χ0) is 14.8. The van der Waals surface area contributed by atoms with Gasteiger partial charge in [0.25, 0.3) is 0 Å². The normalized spacial score (nSPS) is 21.0. The first-order valence-corrected chi connectivity index (χ1v) is 7.97. The lowest BCUT2D eigenvalue weighted by Gasteiger charge is -2.10. The molecule has 0 spiro atoms. The number of aromatic amines is 1. The van der Waals surface area contributed by atoms with Gasteiger partial charge in [-0.1, -0.05) is 0 Å². The molecule has 2 aromatic rings. The van der Waals surface area contributed by atoms with Gasteiger partial charge in [-0.2, -0.15) is 10.1 Å². The van der Waals surface area contributed by atoms with Gasteiger partial charge in [0.2, 0.25) is 5.95 Å². The zero-order valence-corrected chi connectivity index (χ0v) is 12.5. The Hall–Kier alpha value is -2.15. The highest BCUT2D eigenvalue weighted by molar-refractivity contribution is 5.53. The van der Waals surface area contributed by atoms with Crippen molar-refractivity contribution in [1.82, 2.24) is 25.5 Å². The first-order chi connectivity index (χ1) is 10.9. The van der Waals surface area contributed by atoms with E-state index in [4.69, 9.17) is 0 Å². The van der Waals surface area contributed by atoms with Gasteiger partial charge in [-0.25, -0.2) is 4.98 Å². The van der Waals surface area contributed by atoms with Gasteiger partial charge >= 0.3 is 0 Å². The Labute approximate surface area is 129 Å². The molecule has 1 aliphatic heterocycles. The standard InChI is InChI=1S/C15H21N7/c1-2-11(1)12-7-14(22-21-12)19-13-4-6-17-15(20-13)18-9-10-3-5-16-8-10/h4,6-7,10-11,16H,1-3,5,8-9H2,(H3,17,18,19,20,21,22). The zero-order valence-electron chi connectivity index (χ0n) is 12.5. The van der Waals surface area contributed by atoms with Gasteiger partial charge in [0.05, 0.1) is 0 Å². The Morgan fingerprint density at radius 3 is 3.00 bits per heavy atom. The van der Waals surface area contributed by atoms with Crippen LogP contribution in [0, 0.1) is 5.92 Å². The fraction of sp³-hybridized carbons (Fsp3) is 0.533. The predicted octanol–water partition coefficient (Wildman–Crippen LogP) is 1.84. The van der Waals surface area contributed by atoms with Crippen molar-refractivity contribution >= 4 is 17.6 Å². The summed E-state index contributed by atoms with van der Waals surface area (Å²) in [5.74, 6) is 3.57. The largest absolute Gasteiger partial charge is 0.354 e. The van der Waals surface area contributed by atoms with E-state index in [0.29, 0.717) is 17.8 Å². The van der Waals surface area contributed by atoms with Crippen molar-refractivity contribution in [3.8, 4) is 0 Å². The third kappa shape index (κ3) is 3.19. The van der Waals surface area contributed by atoms with Gasteiger partial charge in [-0.05, 0) is 44.3 Å². The van der Waals surface area contributed by atoms with Crippen LogP contribution in [0.5, 0.6) is 0 Å². The minimum atomic E-state index is 0.660. The Morgan fingerprint density at radius 2 is 2.18 bits per heavy atom. The van der Waals surface area contributed by atoms with Gasteiger partial charge < -0.3 is 16.0 Å². The van der Waals surface area contributed by atoms with Crippen LogP contribution in [-0.4, -0.2) is 39.8 Å². The number of anilines is 3. The minimum absolute atomic E-state index is 0.660. The topological polar surface area (TPSA) is 90.5 Å². The first-order valence-electron chi connectivity index (χ1n) is 7.97. The van der Waals surface area contributed by atoms with E-state index in [2.05, 4.69) is 42.2 Å². The lowest BCUT2D eigenvalue weighted by atomic mass is 10.1. The van der Waals surface area contributed by atoms with Crippen molar-refractivity contribution in [2.24, 2.45) is 5.92 Å². The molecule has 2 aromatic heterocycles. The molecule has 3 heterocycles. The van der Waals surface area contributed by atoms with E-state index >= 15 is 0 Å². The number of nitrogens with one attached hydrogen (secondary N) is 4. The molecule has 2 aliphatic rings. The molecule has 7 nitrogen and oxygen atoms in total. The molecule has 7 heteroatoms. The summed E-state index contributed by atoms with van der Waals surface area (Å²) in [4.78, 5) is 8.77. The summed E-state index contributed by atoms with van der Waals surface area (Å²) in [6, 6.07) is 3.92. The van der Waals surface area contributed by atoms with Crippen LogP contribution in [0.2, 0.25) is 0 Å². The first kappa shape index (κ1) is 13.5. The highest BCUT2D eigenvalue weighted by Crippen LogP contribution is 2.39. The molecule has 0 bridgehead atoms. The van der Waals surface area contributed by atoms with E-state index in [1.807, 2.05) is 6.07 Å². The Morgan fingerprint density at radius 1 is 1.23 bits per heavy atom. The molecule has 4 N–H and O–H groups in total. The average Bonchev–Trinajstić information content (AvgIpc) is 3.06. The van der Waals surface area contributed by atoms with E-state index in [1.165, 1.54) is 25.0 Å². The number of H-pyrrole nitrogens is 1. The maximum atomic E-state index is 4.49. The van der Waals surface area contributed by atoms with Crippen LogP contribution in [0.25, 0.3) is 0 Å². The van der Waals surface area contributed by atoms with Gasteiger partial charge in [-0.3, -0.25) is 5.10 Å². The molecule has 116 valence electrons.